The maximum Gasteiger partial charge on any atom is 0.472 e. The summed E-state index contributed by atoms with van der Waals surface area (Å²) in [5.74, 6) is -2.72. The fourth-order valence-electron chi connectivity index (χ4n) is 6.97. The number of nitrogens with two attached hydrogens (primary N) is 1. The van der Waals surface area contributed by atoms with Crippen LogP contribution in [-0.4, -0.2) is 138 Å². The van der Waals surface area contributed by atoms with Crippen LogP contribution in [0.2, 0.25) is 0 Å². The number of carboxylic acids is 1. The molecule has 0 aromatic carbocycles. The molecule has 19 heteroatoms. The van der Waals surface area contributed by atoms with Crippen LogP contribution in [0.3, 0.4) is 0 Å². The fraction of sp³-hybridized carbons (Fsp3) is 0.673. The summed E-state index contributed by atoms with van der Waals surface area (Å²) in [6, 6.07) is -1.26. The summed E-state index contributed by atoms with van der Waals surface area (Å²) in [7, 11) is -5.27. The van der Waals surface area contributed by atoms with E-state index in [0.29, 0.717) is 12.8 Å². The topological polar surface area (TPSA) is 293 Å². The summed E-state index contributed by atoms with van der Waals surface area (Å²) in [4.78, 5) is 47.7. The van der Waals surface area contributed by atoms with E-state index in [1.54, 1.807) is 18.2 Å². The van der Waals surface area contributed by atoms with Crippen LogP contribution in [0.1, 0.15) is 142 Å². The van der Waals surface area contributed by atoms with Crippen molar-refractivity contribution < 1.29 is 78.1 Å². The first kappa shape index (κ1) is 65.8. The van der Waals surface area contributed by atoms with E-state index in [9.17, 15) is 54.5 Å². The highest BCUT2D eigenvalue weighted by atomic mass is 32.2. The third kappa shape index (κ3) is 32.5. The number of carbonyl (C=O) groups excluding carboxylic acids is 2. The van der Waals surface area contributed by atoms with Gasteiger partial charge in [0, 0.05) is 23.8 Å². The third-order valence-electron chi connectivity index (χ3n) is 11.2. The number of phosphoric acid groups is 1. The number of phosphoric ester groups is 1. The summed E-state index contributed by atoms with van der Waals surface area (Å²) in [5, 5.41) is 69.9. The molecule has 1 rings (SSSR count). The minimum absolute atomic E-state index is 0.0359. The van der Waals surface area contributed by atoms with Crippen molar-refractivity contribution in [2.75, 3.05) is 19.0 Å². The number of aliphatic hydroxyl groups is 6. The lowest BCUT2D eigenvalue weighted by Crippen LogP contribution is -2.64. The van der Waals surface area contributed by atoms with Crippen LogP contribution in [0.5, 0.6) is 0 Å². The van der Waals surface area contributed by atoms with Gasteiger partial charge in [0.05, 0.1) is 12.7 Å². The first-order valence-corrected chi connectivity index (χ1v) is 27.9. The zero-order valence-electron chi connectivity index (χ0n) is 41.9. The van der Waals surface area contributed by atoms with Crippen LogP contribution in [0.15, 0.2) is 85.1 Å². The molecule has 1 fully saturated rings. The van der Waals surface area contributed by atoms with E-state index < -0.39 is 99.1 Å². The Morgan fingerprint density at radius 2 is 1.17 bits per heavy atom. The minimum Gasteiger partial charge on any atom is -0.481 e. The quantitative estimate of drug-likeness (QED) is 0.00949. The number of esters is 2. The van der Waals surface area contributed by atoms with Gasteiger partial charge in [-0.05, 0) is 77.0 Å². The first-order chi connectivity index (χ1) is 34.0. The molecule has 3 unspecified atom stereocenters. The number of aliphatic hydroxyl groups excluding tert-OH is 6. The van der Waals surface area contributed by atoms with E-state index in [4.69, 9.17) is 29.4 Å². The fourth-order valence-corrected chi connectivity index (χ4v) is 9.07. The van der Waals surface area contributed by atoms with Gasteiger partial charge in [-0.1, -0.05) is 137 Å². The average Bonchev–Trinajstić information content (AvgIpc) is 3.34. The number of ether oxygens (including phenoxy) is 2. The number of rotatable bonds is 41. The second-order valence-corrected chi connectivity index (χ2v) is 20.1. The molecule has 71 heavy (non-hydrogen) atoms. The van der Waals surface area contributed by atoms with Crippen molar-refractivity contribution in [2.24, 2.45) is 5.73 Å². The minimum atomic E-state index is -5.27. The zero-order valence-corrected chi connectivity index (χ0v) is 43.6. The largest absolute Gasteiger partial charge is 0.481 e. The number of thioether (sulfide) groups is 1. The Balaban J connectivity index is 2.87. The Morgan fingerprint density at radius 3 is 1.75 bits per heavy atom. The average molecular weight is 1040 g/mol. The van der Waals surface area contributed by atoms with Crippen LogP contribution < -0.4 is 5.73 Å². The smallest absolute Gasteiger partial charge is 0.472 e. The molecule has 17 nitrogen and oxygen atoms in total. The molecule has 1 aliphatic rings. The van der Waals surface area contributed by atoms with E-state index >= 15 is 0 Å². The standard InChI is InChI=1S/C52H86NO16PS/c1-3-5-7-9-11-13-15-17-18-19-20-21-23-25-27-29-31-36-45(57)68-40(38-67-70(64,65)69-51-49(61)47(59)46(58)48(60)50(51)62)37-66-52(63)41(53)39-71-43(42(54)33-32-35-44(55)56)34-30-28-26-24-22-16-14-12-10-8-6-4-2/h11-14,17-18,20-22,24,26,28,30,34,40-43,46-51,54,58-62H,3-10,15-16,19,23,25,27,29,31-33,35-39,53H2,1-2H3,(H,55,56)(H,64,65)/b13-11-,14-12-,18-17-,21-20-,24-22-,28-26+,34-30+/t40-,41+,42+,43-,46?,47-,48+,49-,50-,51?/m1/s1. The van der Waals surface area contributed by atoms with E-state index in [-0.39, 0.29) is 31.4 Å². The van der Waals surface area contributed by atoms with Gasteiger partial charge in [0.1, 0.15) is 49.3 Å². The second kappa shape index (κ2) is 41.2. The maximum absolute atomic E-state index is 13.1. The van der Waals surface area contributed by atoms with Gasteiger partial charge in [-0.3, -0.25) is 23.4 Å². The van der Waals surface area contributed by atoms with Crippen LogP contribution in [0.4, 0.5) is 0 Å². The number of hydrogen-bond donors (Lipinski definition) is 9. The second-order valence-electron chi connectivity index (χ2n) is 17.5. The SMILES string of the molecule is CCCCC/C=C\C\C=C/C=C/C=C/[C@@H](SC[C@H](N)C(=O)OC[C@H](COP(=O)(O)OC1[C@H](O)[C@H](O)C(O)[C@H](O)[C@H]1O)OC(=O)CCCCCC/C=C\C/C=C\C/C=C\CCCCC)[C@@H](O)CCCC(=O)O. The van der Waals surface area contributed by atoms with Crippen molar-refractivity contribution in [1.82, 2.24) is 0 Å². The van der Waals surface area contributed by atoms with Gasteiger partial charge in [-0.15, -0.1) is 11.8 Å². The molecule has 0 aromatic rings. The van der Waals surface area contributed by atoms with Gasteiger partial charge in [0.15, 0.2) is 6.10 Å². The van der Waals surface area contributed by atoms with Crippen molar-refractivity contribution in [2.45, 2.75) is 202 Å². The maximum atomic E-state index is 13.1. The van der Waals surface area contributed by atoms with E-state index in [1.807, 2.05) is 18.2 Å². The highest BCUT2D eigenvalue weighted by molar-refractivity contribution is 8.00. The van der Waals surface area contributed by atoms with Crippen molar-refractivity contribution in [1.29, 1.82) is 0 Å². The first-order valence-electron chi connectivity index (χ1n) is 25.3. The molecule has 11 atom stereocenters. The molecule has 0 spiro atoms. The van der Waals surface area contributed by atoms with E-state index in [0.717, 1.165) is 63.1 Å². The molecule has 0 aromatic heterocycles. The molecule has 406 valence electrons. The molecule has 10 N–H and O–H groups in total. The van der Waals surface area contributed by atoms with Gasteiger partial charge < -0.3 is 55.8 Å². The Labute approximate surface area is 426 Å². The number of allylic oxidation sites excluding steroid dienone is 13. The molecule has 0 aliphatic heterocycles. The molecule has 0 radical (unpaired) electrons. The number of carbonyl (C=O) groups is 3. The van der Waals surface area contributed by atoms with Gasteiger partial charge in [0.2, 0.25) is 0 Å². The van der Waals surface area contributed by atoms with E-state index in [2.05, 4.69) is 62.5 Å². The number of carboxylic acid groups (broad SMARTS) is 1. The predicted molar refractivity (Wildman–Crippen MR) is 277 cm³/mol. The van der Waals surface area contributed by atoms with Crippen LogP contribution in [0.25, 0.3) is 0 Å². The zero-order chi connectivity index (χ0) is 52.7. The number of hydrogen-bond acceptors (Lipinski definition) is 16. The highest BCUT2D eigenvalue weighted by Gasteiger charge is 2.51. The summed E-state index contributed by atoms with van der Waals surface area (Å²) in [6.45, 7) is 2.78. The van der Waals surface area contributed by atoms with E-state index in [1.165, 1.54) is 38.5 Å². The lowest BCUT2D eigenvalue weighted by Gasteiger charge is -2.41. The Hall–Kier alpha value is -3.23. The van der Waals surface area contributed by atoms with Gasteiger partial charge in [-0.2, -0.15) is 0 Å². The lowest BCUT2D eigenvalue weighted by atomic mass is 9.85. The normalized spacial score (nSPS) is 22.6. The van der Waals surface area contributed by atoms with Crippen molar-refractivity contribution >= 4 is 37.5 Å². The Bertz CT molecular complexity index is 1690. The van der Waals surface area contributed by atoms with Crippen LogP contribution in [0, 0.1) is 0 Å². The Kier molecular flexibility index (Phi) is 38.1. The number of aliphatic carboxylic acids is 1. The molecular formula is C52H86NO16PS. The molecule has 1 saturated carbocycles. The molecule has 0 amide bonds. The summed E-state index contributed by atoms with van der Waals surface area (Å²) < 4.78 is 33.7. The summed E-state index contributed by atoms with van der Waals surface area (Å²) in [5.41, 5.74) is 6.18. The summed E-state index contributed by atoms with van der Waals surface area (Å²) in [6.07, 6.45) is 29.4. The lowest BCUT2D eigenvalue weighted by molar-refractivity contribution is -0.220. The Morgan fingerprint density at radius 1 is 0.648 bits per heavy atom. The van der Waals surface area contributed by atoms with Gasteiger partial charge in [0.25, 0.3) is 0 Å². The molecule has 0 bridgehead atoms. The third-order valence-corrected chi connectivity index (χ3v) is 13.6. The highest BCUT2D eigenvalue weighted by Crippen LogP contribution is 2.47. The molecule has 0 heterocycles. The van der Waals surface area contributed by atoms with Crippen molar-refractivity contribution in [3.8, 4) is 0 Å². The van der Waals surface area contributed by atoms with Crippen molar-refractivity contribution in [3.05, 3.63) is 85.1 Å². The number of unbranched alkanes of at least 4 members (excludes halogenated alkanes) is 10. The van der Waals surface area contributed by atoms with Crippen LogP contribution >= 0.6 is 19.6 Å². The molecule has 0 saturated heterocycles. The monoisotopic (exact) mass is 1040 g/mol. The summed E-state index contributed by atoms with van der Waals surface area (Å²) >= 11 is 1.14. The van der Waals surface area contributed by atoms with Gasteiger partial charge >= 0.3 is 25.7 Å². The van der Waals surface area contributed by atoms with Crippen LogP contribution in [-0.2, 0) is 37.5 Å². The predicted octanol–water partition coefficient (Wildman–Crippen LogP) is 7.37. The molecule has 1 aliphatic carbocycles. The van der Waals surface area contributed by atoms with Crippen molar-refractivity contribution in [3.63, 3.8) is 0 Å². The van der Waals surface area contributed by atoms with Gasteiger partial charge in [-0.25, -0.2) is 4.57 Å². The molecular weight excluding hydrogens is 958 g/mol.